The van der Waals surface area contributed by atoms with Gasteiger partial charge in [-0.05, 0) is 42.2 Å². The Morgan fingerprint density at radius 2 is 2.07 bits per heavy atom. The Kier molecular flexibility index (Phi) is 6.00. The fourth-order valence-electron chi connectivity index (χ4n) is 3.46. The number of carbonyl (C=O) groups is 1. The van der Waals surface area contributed by atoms with Gasteiger partial charge in [-0.3, -0.25) is 9.78 Å². The van der Waals surface area contributed by atoms with Crippen LogP contribution >= 0.6 is 11.6 Å². The molecule has 2 N–H and O–H groups in total. The van der Waals surface area contributed by atoms with E-state index in [-0.39, 0.29) is 16.8 Å². The highest BCUT2D eigenvalue weighted by Crippen LogP contribution is 2.36. The largest absolute Gasteiger partial charge is 0.414 e. The molecule has 156 valence electrons. The number of aliphatic hydroxyl groups is 1. The Hall–Kier alpha value is -2.39. The first-order valence-corrected chi connectivity index (χ1v) is 9.11. The number of hydrogen-bond donors (Lipinski definition) is 2. The number of aliphatic hydroxyl groups excluding tert-OH is 1. The van der Waals surface area contributed by atoms with Crippen LogP contribution in [0, 0.1) is 5.82 Å². The summed E-state index contributed by atoms with van der Waals surface area (Å²) in [5, 5.41) is 12.0. The smallest absolute Gasteiger partial charge is 0.387 e. The van der Waals surface area contributed by atoms with Gasteiger partial charge in [-0.25, -0.2) is 4.39 Å². The van der Waals surface area contributed by atoms with Crippen molar-refractivity contribution < 1.29 is 27.5 Å². The van der Waals surface area contributed by atoms with Crippen molar-refractivity contribution in [3.05, 3.63) is 58.1 Å². The van der Waals surface area contributed by atoms with Crippen LogP contribution in [0.3, 0.4) is 0 Å². The number of fused-ring (bicyclic) bond motifs is 1. The molecule has 29 heavy (non-hydrogen) atoms. The van der Waals surface area contributed by atoms with Crippen molar-refractivity contribution in [1.29, 1.82) is 0 Å². The molecule has 0 saturated carbocycles. The molecule has 1 aliphatic carbocycles. The number of anilines is 1. The van der Waals surface area contributed by atoms with Crippen LogP contribution in [0.15, 0.2) is 30.5 Å². The molecule has 0 radical (unpaired) electrons. The average molecular weight is 432 g/mol. The fraction of sp³-hybridized carbons (Fsp3) is 0.368. The minimum Gasteiger partial charge on any atom is -0.387 e. The third-order valence-electron chi connectivity index (χ3n) is 4.87. The highest BCUT2D eigenvalue weighted by Gasteiger charge is 2.46. The number of pyridine rings is 1. The van der Waals surface area contributed by atoms with E-state index < -0.39 is 30.5 Å². The fourth-order valence-corrected chi connectivity index (χ4v) is 3.64. The second-order valence-corrected chi connectivity index (χ2v) is 7.23. The van der Waals surface area contributed by atoms with E-state index in [9.17, 15) is 22.4 Å². The normalized spacial score (nSPS) is 17.0. The topological polar surface area (TPSA) is 65.5 Å². The Labute approximate surface area is 169 Å². The molecular formula is C19H18ClF4N3O2. The lowest BCUT2D eigenvalue weighted by atomic mass is 10.1. The lowest BCUT2D eigenvalue weighted by molar-refractivity contribution is -0.190. The summed E-state index contributed by atoms with van der Waals surface area (Å²) in [5.74, 6) is -1.52. The number of rotatable bonds is 5. The van der Waals surface area contributed by atoms with Crippen molar-refractivity contribution >= 4 is 23.2 Å². The summed E-state index contributed by atoms with van der Waals surface area (Å²) in [5.41, 5.74) is 1.45. The molecule has 1 heterocycles. The first kappa shape index (κ1) is 21.3. The van der Waals surface area contributed by atoms with Gasteiger partial charge >= 0.3 is 6.18 Å². The van der Waals surface area contributed by atoms with Gasteiger partial charge in [0.05, 0.1) is 22.6 Å². The number of benzene rings is 1. The molecule has 5 nitrogen and oxygen atoms in total. The highest BCUT2D eigenvalue weighted by molar-refractivity contribution is 6.30. The lowest BCUT2D eigenvalue weighted by Crippen LogP contribution is -2.41. The van der Waals surface area contributed by atoms with Gasteiger partial charge in [0.15, 0.2) is 6.04 Å². The molecule has 1 aromatic heterocycles. The zero-order chi connectivity index (χ0) is 21.3. The van der Waals surface area contributed by atoms with Gasteiger partial charge in [0.1, 0.15) is 12.4 Å². The van der Waals surface area contributed by atoms with Gasteiger partial charge in [-0.1, -0.05) is 17.7 Å². The molecule has 2 aromatic rings. The summed E-state index contributed by atoms with van der Waals surface area (Å²) in [6.07, 6.45) is -2.59. The summed E-state index contributed by atoms with van der Waals surface area (Å²) >= 11 is 5.80. The predicted octanol–water partition coefficient (Wildman–Crippen LogP) is 3.51. The first-order chi connectivity index (χ1) is 13.6. The van der Waals surface area contributed by atoms with E-state index in [1.165, 1.54) is 24.4 Å². The number of halogens is 5. The zero-order valence-electron chi connectivity index (χ0n) is 15.3. The van der Waals surface area contributed by atoms with E-state index in [1.807, 2.05) is 0 Å². The minimum absolute atomic E-state index is 0.0511. The van der Waals surface area contributed by atoms with E-state index in [2.05, 4.69) is 10.3 Å². The third kappa shape index (κ3) is 4.45. The van der Waals surface area contributed by atoms with Crippen LogP contribution < -0.4 is 5.32 Å². The summed E-state index contributed by atoms with van der Waals surface area (Å²) in [6.45, 7) is -1.04. The molecule has 3 rings (SSSR count). The van der Waals surface area contributed by atoms with Gasteiger partial charge in [-0.2, -0.15) is 13.2 Å². The number of likely N-dealkylation sites (N-methyl/N-ethyl adjacent to an activating group) is 1. The molecule has 1 aromatic carbocycles. The number of carbonyl (C=O) groups excluding carboxylic acids is 1. The van der Waals surface area contributed by atoms with Crippen LogP contribution in [0.4, 0.5) is 23.2 Å². The summed E-state index contributed by atoms with van der Waals surface area (Å²) in [6, 6.07) is 3.42. The summed E-state index contributed by atoms with van der Waals surface area (Å²) < 4.78 is 54.4. The van der Waals surface area contributed by atoms with E-state index in [4.69, 9.17) is 16.7 Å². The maximum atomic E-state index is 14.1. The second kappa shape index (κ2) is 8.16. The molecule has 10 heteroatoms. The standard InChI is InChI=1S/C19H18ClF4N3O2/c1-27(16(29)9-28)18(19(22,23)24)15-5-3-11(8-25-15)26-12-6-10-2-4-14(20)17(21)13(10)7-12/h2-5,8,12,18,26,28H,6-7,9H2,1H3. The van der Waals surface area contributed by atoms with Crippen molar-refractivity contribution in [3.8, 4) is 0 Å². The number of nitrogens with one attached hydrogen (secondary N) is 1. The quantitative estimate of drug-likeness (QED) is 0.711. The molecule has 0 spiro atoms. The van der Waals surface area contributed by atoms with Gasteiger partial charge < -0.3 is 15.3 Å². The van der Waals surface area contributed by atoms with Crippen molar-refractivity contribution in [2.45, 2.75) is 31.1 Å². The molecule has 0 bridgehead atoms. The Morgan fingerprint density at radius 3 is 2.66 bits per heavy atom. The van der Waals surface area contributed by atoms with E-state index in [0.29, 0.717) is 29.0 Å². The SMILES string of the molecule is CN(C(=O)CO)C(c1ccc(NC2Cc3ccc(Cl)c(F)c3C2)cn1)C(F)(F)F. The van der Waals surface area contributed by atoms with E-state index in [0.717, 1.165) is 12.6 Å². The molecule has 0 fully saturated rings. The van der Waals surface area contributed by atoms with Gasteiger partial charge in [0.2, 0.25) is 5.91 Å². The maximum Gasteiger partial charge on any atom is 0.414 e. The zero-order valence-corrected chi connectivity index (χ0v) is 16.1. The Bertz CT molecular complexity index is 906. The highest BCUT2D eigenvalue weighted by atomic mass is 35.5. The average Bonchev–Trinajstić information content (AvgIpc) is 3.08. The predicted molar refractivity (Wildman–Crippen MR) is 99.1 cm³/mol. The van der Waals surface area contributed by atoms with E-state index in [1.54, 1.807) is 6.07 Å². The van der Waals surface area contributed by atoms with Crippen molar-refractivity contribution in [2.24, 2.45) is 0 Å². The molecule has 1 aliphatic rings. The van der Waals surface area contributed by atoms with Crippen molar-refractivity contribution in [3.63, 3.8) is 0 Å². The number of hydrogen-bond acceptors (Lipinski definition) is 4. The second-order valence-electron chi connectivity index (χ2n) is 6.83. The molecule has 1 amide bonds. The van der Waals surface area contributed by atoms with Gasteiger partial charge in [0, 0.05) is 13.1 Å². The van der Waals surface area contributed by atoms with E-state index >= 15 is 0 Å². The molecule has 0 saturated heterocycles. The maximum absolute atomic E-state index is 14.1. The first-order valence-electron chi connectivity index (χ1n) is 8.73. The van der Waals surface area contributed by atoms with Gasteiger partial charge in [-0.15, -0.1) is 0 Å². The van der Waals surface area contributed by atoms with Crippen LogP contribution in [-0.2, 0) is 17.6 Å². The number of amides is 1. The third-order valence-corrected chi connectivity index (χ3v) is 5.17. The summed E-state index contributed by atoms with van der Waals surface area (Å²) in [7, 11) is 0.958. The van der Waals surface area contributed by atoms with Crippen LogP contribution in [-0.4, -0.2) is 46.8 Å². The Morgan fingerprint density at radius 1 is 1.34 bits per heavy atom. The summed E-state index contributed by atoms with van der Waals surface area (Å²) in [4.78, 5) is 15.8. The minimum atomic E-state index is -4.76. The molecular weight excluding hydrogens is 414 g/mol. The molecule has 2 atom stereocenters. The van der Waals surface area contributed by atoms with Crippen LogP contribution in [0.2, 0.25) is 5.02 Å². The van der Waals surface area contributed by atoms with Gasteiger partial charge in [0.25, 0.3) is 0 Å². The van der Waals surface area contributed by atoms with Crippen LogP contribution in [0.5, 0.6) is 0 Å². The number of aromatic nitrogens is 1. The Balaban J connectivity index is 1.75. The van der Waals surface area contributed by atoms with Crippen LogP contribution in [0.1, 0.15) is 22.9 Å². The lowest BCUT2D eigenvalue weighted by Gasteiger charge is -2.29. The van der Waals surface area contributed by atoms with Crippen LogP contribution in [0.25, 0.3) is 0 Å². The van der Waals surface area contributed by atoms with Crippen molar-refractivity contribution in [2.75, 3.05) is 19.0 Å². The number of nitrogens with zero attached hydrogens (tertiary/aromatic N) is 2. The molecule has 2 unspecified atom stereocenters. The molecule has 0 aliphatic heterocycles. The monoisotopic (exact) mass is 431 g/mol. The number of alkyl halides is 3. The van der Waals surface area contributed by atoms with Crippen molar-refractivity contribution in [1.82, 2.24) is 9.88 Å².